The molecule has 0 bridgehead atoms. The molecule has 5 heteroatoms. The van der Waals surface area contributed by atoms with Crippen LogP contribution < -0.4 is 5.32 Å². The fraction of sp³-hybridized carbons (Fsp3) is 0.333. The summed E-state index contributed by atoms with van der Waals surface area (Å²) >= 11 is 3.37. The van der Waals surface area contributed by atoms with E-state index in [1.165, 1.54) is 12.3 Å². The van der Waals surface area contributed by atoms with Crippen LogP contribution in [0.25, 0.3) is 0 Å². The highest BCUT2D eigenvalue weighted by Crippen LogP contribution is 2.17. The molecule has 0 aromatic carbocycles. The third-order valence-electron chi connectivity index (χ3n) is 2.95. The molecule has 3 nitrogen and oxygen atoms in total. The molecule has 0 aliphatic carbocycles. The van der Waals surface area contributed by atoms with E-state index >= 15 is 0 Å². The van der Waals surface area contributed by atoms with Crippen molar-refractivity contribution in [3.63, 3.8) is 0 Å². The average Bonchev–Trinajstić information content (AvgIpc) is 2.46. The van der Waals surface area contributed by atoms with Gasteiger partial charge in [0.15, 0.2) is 0 Å². The minimum Gasteiger partial charge on any atom is -0.308 e. The van der Waals surface area contributed by atoms with Crippen molar-refractivity contribution < 1.29 is 4.39 Å². The fourth-order valence-corrected chi connectivity index (χ4v) is 2.16. The van der Waals surface area contributed by atoms with Crippen molar-refractivity contribution in [2.75, 3.05) is 6.54 Å². The van der Waals surface area contributed by atoms with Gasteiger partial charge in [-0.1, -0.05) is 6.92 Å². The van der Waals surface area contributed by atoms with Gasteiger partial charge in [-0.2, -0.15) is 0 Å². The van der Waals surface area contributed by atoms with E-state index in [0.29, 0.717) is 0 Å². The van der Waals surface area contributed by atoms with Gasteiger partial charge in [-0.3, -0.25) is 9.97 Å². The van der Waals surface area contributed by atoms with Gasteiger partial charge in [0.05, 0.1) is 17.9 Å². The van der Waals surface area contributed by atoms with Crippen molar-refractivity contribution in [2.24, 2.45) is 0 Å². The lowest BCUT2D eigenvalue weighted by molar-refractivity contribution is 0.510. The standard InChI is InChI=1S/C15H17BrFN3/c1-2-7-18-15(14-6-4-12(17)10-20-14)8-13-5-3-11(16)9-19-13/h3-6,9-10,15,18H,2,7-8H2,1H3. The van der Waals surface area contributed by atoms with Crippen LogP contribution in [0.4, 0.5) is 4.39 Å². The summed E-state index contributed by atoms with van der Waals surface area (Å²) in [7, 11) is 0. The zero-order valence-corrected chi connectivity index (χ0v) is 12.9. The minimum atomic E-state index is -0.315. The van der Waals surface area contributed by atoms with Crippen LogP contribution in [0, 0.1) is 5.82 Å². The van der Waals surface area contributed by atoms with Crippen LogP contribution >= 0.6 is 15.9 Å². The first kappa shape index (κ1) is 15.1. The van der Waals surface area contributed by atoms with Crippen LogP contribution in [-0.4, -0.2) is 16.5 Å². The summed E-state index contributed by atoms with van der Waals surface area (Å²) in [5.41, 5.74) is 1.82. The maximum atomic E-state index is 13.0. The molecule has 0 radical (unpaired) electrons. The molecule has 2 rings (SSSR count). The Hall–Kier alpha value is -1.33. The molecule has 0 aliphatic heterocycles. The molecule has 0 fully saturated rings. The van der Waals surface area contributed by atoms with Gasteiger partial charge in [0.1, 0.15) is 5.82 Å². The number of pyridine rings is 2. The normalized spacial score (nSPS) is 12.3. The predicted molar refractivity (Wildman–Crippen MR) is 80.9 cm³/mol. The molecular formula is C15H17BrFN3. The number of aromatic nitrogens is 2. The van der Waals surface area contributed by atoms with E-state index in [2.05, 4.69) is 38.1 Å². The monoisotopic (exact) mass is 337 g/mol. The van der Waals surface area contributed by atoms with Gasteiger partial charge >= 0.3 is 0 Å². The Morgan fingerprint density at radius 1 is 1.20 bits per heavy atom. The van der Waals surface area contributed by atoms with Gasteiger partial charge in [0.2, 0.25) is 0 Å². The Morgan fingerprint density at radius 3 is 2.65 bits per heavy atom. The summed E-state index contributed by atoms with van der Waals surface area (Å²) in [5, 5.41) is 3.43. The van der Waals surface area contributed by atoms with Crippen LogP contribution in [0.3, 0.4) is 0 Å². The molecule has 106 valence electrons. The van der Waals surface area contributed by atoms with Gasteiger partial charge in [-0.15, -0.1) is 0 Å². The molecule has 1 atom stereocenters. The maximum absolute atomic E-state index is 13.0. The zero-order chi connectivity index (χ0) is 14.4. The average molecular weight is 338 g/mol. The lowest BCUT2D eigenvalue weighted by Gasteiger charge is -2.17. The van der Waals surface area contributed by atoms with E-state index in [1.807, 2.05) is 12.1 Å². The summed E-state index contributed by atoms with van der Waals surface area (Å²) in [6, 6.07) is 7.16. The van der Waals surface area contributed by atoms with E-state index in [0.717, 1.165) is 35.2 Å². The molecule has 1 N–H and O–H groups in total. The lowest BCUT2D eigenvalue weighted by atomic mass is 10.1. The van der Waals surface area contributed by atoms with Crippen LogP contribution in [0.2, 0.25) is 0 Å². The first-order chi connectivity index (χ1) is 9.69. The second-order valence-corrected chi connectivity index (χ2v) is 5.50. The van der Waals surface area contributed by atoms with Crippen molar-refractivity contribution in [1.29, 1.82) is 0 Å². The Bertz CT molecular complexity index is 528. The maximum Gasteiger partial charge on any atom is 0.141 e. The van der Waals surface area contributed by atoms with Crippen LogP contribution in [0.15, 0.2) is 41.1 Å². The Balaban J connectivity index is 2.14. The largest absolute Gasteiger partial charge is 0.308 e. The second-order valence-electron chi connectivity index (χ2n) is 4.58. The first-order valence-electron chi connectivity index (χ1n) is 6.64. The highest BCUT2D eigenvalue weighted by Gasteiger charge is 2.13. The molecule has 1 unspecified atom stereocenters. The van der Waals surface area contributed by atoms with Crippen LogP contribution in [-0.2, 0) is 6.42 Å². The zero-order valence-electron chi connectivity index (χ0n) is 11.3. The van der Waals surface area contributed by atoms with Crippen LogP contribution in [0.1, 0.15) is 30.8 Å². The van der Waals surface area contributed by atoms with Gasteiger partial charge < -0.3 is 5.32 Å². The highest BCUT2D eigenvalue weighted by atomic mass is 79.9. The molecule has 2 heterocycles. The van der Waals surface area contributed by atoms with E-state index < -0.39 is 0 Å². The number of nitrogens with zero attached hydrogens (tertiary/aromatic N) is 2. The number of halogens is 2. The van der Waals surface area contributed by atoms with Crippen molar-refractivity contribution in [3.8, 4) is 0 Å². The molecule has 2 aromatic rings. The molecule has 0 aliphatic rings. The first-order valence-corrected chi connectivity index (χ1v) is 7.43. The van der Waals surface area contributed by atoms with Crippen LogP contribution in [0.5, 0.6) is 0 Å². The van der Waals surface area contributed by atoms with E-state index in [9.17, 15) is 4.39 Å². The number of nitrogens with one attached hydrogen (secondary N) is 1. The quantitative estimate of drug-likeness (QED) is 0.873. The molecule has 0 amide bonds. The van der Waals surface area contributed by atoms with Gasteiger partial charge in [-0.25, -0.2) is 4.39 Å². The number of hydrogen-bond acceptors (Lipinski definition) is 3. The summed E-state index contributed by atoms with van der Waals surface area (Å²) in [4.78, 5) is 8.55. The third-order valence-corrected chi connectivity index (χ3v) is 3.42. The smallest absolute Gasteiger partial charge is 0.141 e. The molecular weight excluding hydrogens is 321 g/mol. The highest BCUT2D eigenvalue weighted by molar-refractivity contribution is 9.10. The molecule has 0 saturated carbocycles. The Labute approximate surface area is 126 Å². The summed E-state index contributed by atoms with van der Waals surface area (Å²) in [6.45, 7) is 3.00. The SMILES string of the molecule is CCCNC(Cc1ccc(Br)cn1)c1ccc(F)cn1. The molecule has 0 saturated heterocycles. The van der Waals surface area contributed by atoms with Crippen molar-refractivity contribution in [2.45, 2.75) is 25.8 Å². The van der Waals surface area contributed by atoms with Gasteiger partial charge in [-0.05, 0) is 53.2 Å². The number of hydrogen-bond donors (Lipinski definition) is 1. The van der Waals surface area contributed by atoms with Crippen molar-refractivity contribution in [1.82, 2.24) is 15.3 Å². The molecule has 0 spiro atoms. The summed E-state index contributed by atoms with van der Waals surface area (Å²) in [6.07, 6.45) is 4.80. The fourth-order valence-electron chi connectivity index (χ4n) is 1.93. The molecule has 2 aromatic heterocycles. The van der Waals surface area contributed by atoms with E-state index in [-0.39, 0.29) is 11.9 Å². The Kier molecular flexibility index (Phi) is 5.61. The van der Waals surface area contributed by atoms with Gasteiger partial charge in [0, 0.05) is 22.8 Å². The topological polar surface area (TPSA) is 37.8 Å². The second kappa shape index (κ2) is 7.45. The number of rotatable bonds is 6. The predicted octanol–water partition coefficient (Wildman–Crippen LogP) is 3.66. The van der Waals surface area contributed by atoms with Gasteiger partial charge in [0.25, 0.3) is 0 Å². The van der Waals surface area contributed by atoms with Crippen molar-refractivity contribution >= 4 is 15.9 Å². The molecule has 20 heavy (non-hydrogen) atoms. The third kappa shape index (κ3) is 4.35. The summed E-state index contributed by atoms with van der Waals surface area (Å²) < 4.78 is 13.9. The van der Waals surface area contributed by atoms with Crippen molar-refractivity contribution in [3.05, 3.63) is 58.3 Å². The summed E-state index contributed by atoms with van der Waals surface area (Å²) in [5.74, 6) is -0.315. The lowest BCUT2D eigenvalue weighted by Crippen LogP contribution is -2.25. The minimum absolute atomic E-state index is 0.0456. The van der Waals surface area contributed by atoms with E-state index in [4.69, 9.17) is 0 Å². The van der Waals surface area contributed by atoms with E-state index in [1.54, 1.807) is 12.3 Å². The Morgan fingerprint density at radius 2 is 2.05 bits per heavy atom.